The van der Waals surface area contributed by atoms with Gasteiger partial charge in [-0.1, -0.05) is 64.7 Å². The van der Waals surface area contributed by atoms with E-state index in [9.17, 15) is 14.0 Å². The van der Waals surface area contributed by atoms with Gasteiger partial charge in [0.05, 0.1) is 18.8 Å². The lowest BCUT2D eigenvalue weighted by atomic mass is 9.91. The molecule has 2 heterocycles. The van der Waals surface area contributed by atoms with E-state index in [0.717, 1.165) is 31.4 Å². The summed E-state index contributed by atoms with van der Waals surface area (Å²) in [6, 6.07) is 8.33. The second kappa shape index (κ2) is 8.92. The molecule has 0 bridgehead atoms. The van der Waals surface area contributed by atoms with Crippen molar-refractivity contribution in [3.8, 4) is 0 Å². The van der Waals surface area contributed by atoms with Crippen molar-refractivity contribution in [3.05, 3.63) is 53.1 Å². The number of aromatic nitrogens is 2. The quantitative estimate of drug-likeness (QED) is 0.688. The van der Waals surface area contributed by atoms with Gasteiger partial charge in [0.2, 0.25) is 5.91 Å². The molecule has 0 saturated heterocycles. The Balaban J connectivity index is 1.71. The number of carbonyl (C=O) groups is 2. The average molecular weight is 455 g/mol. The summed E-state index contributed by atoms with van der Waals surface area (Å²) in [6.07, 6.45) is 6.46. The minimum Gasteiger partial charge on any atom is -0.351 e. The van der Waals surface area contributed by atoms with E-state index in [0.29, 0.717) is 11.3 Å². The number of benzene rings is 1. The lowest BCUT2D eigenvalue weighted by Crippen LogP contribution is -2.64. The summed E-state index contributed by atoms with van der Waals surface area (Å²) in [5, 5.41) is 7.91. The van der Waals surface area contributed by atoms with E-state index in [1.54, 1.807) is 35.9 Å². The standard InChI is InChI=1S/C26H35FN4O2/c1-25(2,3)22-15-21-23(32)30(16-18-11-9-10-14-20(18)27)26(4,17-31(21)29-22)24(33)28-19-12-7-5-6-8-13-19/h9-11,14-15,19H,5-8,12-13,16-17H2,1-4H3,(H,28,33). The molecule has 1 aliphatic carbocycles. The molecule has 1 aromatic carbocycles. The highest BCUT2D eigenvalue weighted by molar-refractivity contribution is 5.99. The number of hydrogen-bond acceptors (Lipinski definition) is 3. The van der Waals surface area contributed by atoms with Crippen molar-refractivity contribution in [1.29, 1.82) is 0 Å². The monoisotopic (exact) mass is 454 g/mol. The van der Waals surface area contributed by atoms with Crippen LogP contribution >= 0.6 is 0 Å². The van der Waals surface area contributed by atoms with Gasteiger partial charge in [-0.25, -0.2) is 4.39 Å². The SMILES string of the molecule is CC(C)(C)c1cc2n(n1)CC(C)(C(=O)NC1CCCCCC1)N(Cc1ccccc1F)C2=O. The van der Waals surface area contributed by atoms with Crippen LogP contribution in [0.2, 0.25) is 0 Å². The number of hydrogen-bond donors (Lipinski definition) is 1. The van der Waals surface area contributed by atoms with Crippen molar-refractivity contribution in [2.24, 2.45) is 0 Å². The summed E-state index contributed by atoms with van der Waals surface area (Å²) in [4.78, 5) is 28.9. The maximum Gasteiger partial charge on any atom is 0.273 e. The van der Waals surface area contributed by atoms with Crippen molar-refractivity contribution in [3.63, 3.8) is 0 Å². The van der Waals surface area contributed by atoms with Crippen LogP contribution < -0.4 is 5.32 Å². The molecule has 1 aliphatic heterocycles. The van der Waals surface area contributed by atoms with Crippen molar-refractivity contribution in [1.82, 2.24) is 20.0 Å². The molecule has 33 heavy (non-hydrogen) atoms. The molecular weight excluding hydrogens is 419 g/mol. The molecule has 4 rings (SSSR count). The zero-order chi connectivity index (χ0) is 23.8. The molecule has 2 aromatic rings. The Bertz CT molecular complexity index is 1030. The fourth-order valence-corrected chi connectivity index (χ4v) is 4.82. The molecule has 0 spiro atoms. The van der Waals surface area contributed by atoms with Gasteiger partial charge < -0.3 is 10.2 Å². The Morgan fingerprint density at radius 1 is 1.18 bits per heavy atom. The summed E-state index contributed by atoms with van der Waals surface area (Å²) in [5.74, 6) is -0.880. The van der Waals surface area contributed by atoms with Crippen LogP contribution in [0.3, 0.4) is 0 Å². The van der Waals surface area contributed by atoms with Crippen LogP contribution in [0.15, 0.2) is 30.3 Å². The van der Waals surface area contributed by atoms with Crippen LogP contribution in [-0.4, -0.2) is 38.1 Å². The largest absolute Gasteiger partial charge is 0.351 e. The van der Waals surface area contributed by atoms with E-state index in [4.69, 9.17) is 0 Å². The molecule has 1 fully saturated rings. The van der Waals surface area contributed by atoms with Crippen molar-refractivity contribution in [2.45, 2.75) is 96.3 Å². The van der Waals surface area contributed by atoms with Gasteiger partial charge in [-0.05, 0) is 31.9 Å². The summed E-state index contributed by atoms with van der Waals surface area (Å²) in [7, 11) is 0. The number of halogens is 1. The van der Waals surface area contributed by atoms with Gasteiger partial charge in [0.1, 0.15) is 17.1 Å². The van der Waals surface area contributed by atoms with Crippen LogP contribution in [0, 0.1) is 5.82 Å². The molecule has 1 aromatic heterocycles. The van der Waals surface area contributed by atoms with Crippen molar-refractivity contribution < 1.29 is 14.0 Å². The van der Waals surface area contributed by atoms with Crippen molar-refractivity contribution >= 4 is 11.8 Å². The molecule has 7 heteroatoms. The lowest BCUT2D eigenvalue weighted by molar-refractivity contribution is -0.134. The maximum atomic E-state index is 14.5. The molecule has 1 N–H and O–H groups in total. The maximum absolute atomic E-state index is 14.5. The van der Waals surface area contributed by atoms with Crippen LogP contribution in [0.5, 0.6) is 0 Å². The second-order valence-electron chi connectivity index (χ2n) is 10.7. The predicted octanol–water partition coefficient (Wildman–Crippen LogP) is 4.57. The first-order valence-corrected chi connectivity index (χ1v) is 12.0. The van der Waals surface area contributed by atoms with Gasteiger partial charge in [0.15, 0.2) is 0 Å². The smallest absolute Gasteiger partial charge is 0.273 e. The Kier molecular flexibility index (Phi) is 6.34. The Morgan fingerprint density at radius 2 is 1.85 bits per heavy atom. The van der Waals surface area contributed by atoms with E-state index in [2.05, 4.69) is 10.4 Å². The second-order valence-corrected chi connectivity index (χ2v) is 10.7. The number of rotatable bonds is 4. The predicted molar refractivity (Wildman–Crippen MR) is 125 cm³/mol. The molecule has 1 unspecified atom stereocenters. The van der Waals surface area contributed by atoms with E-state index < -0.39 is 5.54 Å². The van der Waals surface area contributed by atoms with Gasteiger partial charge in [0.25, 0.3) is 5.91 Å². The van der Waals surface area contributed by atoms with Crippen LogP contribution in [0.1, 0.15) is 88.0 Å². The minimum absolute atomic E-state index is 0.0239. The topological polar surface area (TPSA) is 67.2 Å². The van der Waals surface area contributed by atoms with E-state index in [1.807, 2.05) is 20.8 Å². The summed E-state index contributed by atoms with van der Waals surface area (Å²) in [5.41, 5.74) is 0.212. The van der Waals surface area contributed by atoms with Crippen LogP contribution in [0.4, 0.5) is 4.39 Å². The third kappa shape index (κ3) is 4.68. The fourth-order valence-electron chi connectivity index (χ4n) is 4.82. The Hall–Kier alpha value is -2.70. The molecule has 2 amide bonds. The molecule has 2 aliphatic rings. The summed E-state index contributed by atoms with van der Waals surface area (Å²) < 4.78 is 16.2. The van der Waals surface area contributed by atoms with Gasteiger partial charge in [-0.2, -0.15) is 5.10 Å². The van der Waals surface area contributed by atoms with Crippen LogP contribution in [0.25, 0.3) is 0 Å². The highest BCUT2D eigenvalue weighted by Gasteiger charge is 2.48. The molecular formula is C26H35FN4O2. The highest BCUT2D eigenvalue weighted by atomic mass is 19.1. The molecule has 6 nitrogen and oxygen atoms in total. The molecule has 0 radical (unpaired) electrons. The first-order valence-electron chi connectivity index (χ1n) is 12.0. The number of fused-ring (bicyclic) bond motifs is 1. The normalized spacial score (nSPS) is 22.1. The van der Waals surface area contributed by atoms with E-state index >= 15 is 0 Å². The molecule has 1 atom stereocenters. The Morgan fingerprint density at radius 3 is 2.48 bits per heavy atom. The number of nitrogens with one attached hydrogen (secondary N) is 1. The summed E-state index contributed by atoms with van der Waals surface area (Å²) in [6.45, 7) is 8.16. The molecule has 1 saturated carbocycles. The number of carbonyl (C=O) groups excluding carboxylic acids is 2. The summed E-state index contributed by atoms with van der Waals surface area (Å²) >= 11 is 0. The highest BCUT2D eigenvalue weighted by Crippen LogP contribution is 2.32. The van der Waals surface area contributed by atoms with Crippen LogP contribution in [-0.2, 0) is 23.3 Å². The third-order valence-corrected chi connectivity index (χ3v) is 7.03. The minimum atomic E-state index is -1.18. The van der Waals surface area contributed by atoms with Gasteiger partial charge >= 0.3 is 0 Å². The van der Waals surface area contributed by atoms with Gasteiger partial charge in [-0.3, -0.25) is 14.3 Å². The van der Waals surface area contributed by atoms with E-state index in [-0.39, 0.29) is 42.2 Å². The Labute approximate surface area is 195 Å². The lowest BCUT2D eigenvalue weighted by Gasteiger charge is -2.44. The molecule has 178 valence electrons. The fraction of sp³-hybridized carbons (Fsp3) is 0.577. The average Bonchev–Trinajstić information content (AvgIpc) is 3.02. The van der Waals surface area contributed by atoms with E-state index in [1.165, 1.54) is 23.8 Å². The third-order valence-electron chi connectivity index (χ3n) is 7.03. The first-order chi connectivity index (χ1) is 15.6. The number of amides is 2. The zero-order valence-corrected chi connectivity index (χ0v) is 20.2. The number of nitrogens with zero attached hydrogens (tertiary/aromatic N) is 3. The van der Waals surface area contributed by atoms with Crippen molar-refractivity contribution in [2.75, 3.05) is 0 Å². The van der Waals surface area contributed by atoms with Gasteiger partial charge in [0, 0.05) is 17.0 Å². The first kappa shape index (κ1) is 23.5. The zero-order valence-electron chi connectivity index (χ0n) is 20.2. The van der Waals surface area contributed by atoms with Gasteiger partial charge in [-0.15, -0.1) is 0 Å².